The smallest absolute Gasteiger partial charge is 0.322 e. The van der Waals surface area contributed by atoms with Crippen LogP contribution in [0.5, 0.6) is 0 Å². The third kappa shape index (κ3) is 4.57. The van der Waals surface area contributed by atoms with Crippen LogP contribution in [0, 0.1) is 5.92 Å². The SMILES string of the molecule is CC(=O)c1cccc(NC(=O)N2CCC[C@H]2C(=O)NCC(C)C)c1. The standard InChI is InChI=1S/C18H25N3O3/c1-12(2)11-19-17(23)16-8-5-9-21(16)18(24)20-15-7-4-6-14(10-15)13(3)22/h4,6-7,10,12,16H,5,8-9,11H2,1-3H3,(H,19,23)(H,20,24)/t16-/m0/s1. The van der Waals surface area contributed by atoms with Crippen molar-refractivity contribution in [2.24, 2.45) is 5.92 Å². The maximum atomic E-state index is 12.5. The number of hydrogen-bond donors (Lipinski definition) is 2. The first-order chi connectivity index (χ1) is 11.4. The minimum absolute atomic E-state index is 0.0572. The van der Waals surface area contributed by atoms with E-state index in [1.165, 1.54) is 6.92 Å². The molecule has 2 N–H and O–H groups in total. The summed E-state index contributed by atoms with van der Waals surface area (Å²) in [5.41, 5.74) is 1.10. The monoisotopic (exact) mass is 331 g/mol. The highest BCUT2D eigenvalue weighted by Crippen LogP contribution is 2.20. The summed E-state index contributed by atoms with van der Waals surface area (Å²) in [4.78, 5) is 37.8. The number of Topliss-reactive ketones (excluding diaryl/α,β-unsaturated/α-hetero) is 1. The molecule has 1 fully saturated rings. The van der Waals surface area contributed by atoms with Gasteiger partial charge in [-0.25, -0.2) is 4.79 Å². The van der Waals surface area contributed by atoms with Crippen LogP contribution in [0.2, 0.25) is 0 Å². The molecule has 0 unspecified atom stereocenters. The molecule has 24 heavy (non-hydrogen) atoms. The van der Waals surface area contributed by atoms with Gasteiger partial charge >= 0.3 is 6.03 Å². The minimum atomic E-state index is -0.431. The normalized spacial score (nSPS) is 17.0. The second kappa shape index (κ2) is 7.95. The molecule has 0 aliphatic carbocycles. The summed E-state index contributed by atoms with van der Waals surface area (Å²) in [6, 6.07) is 6.06. The lowest BCUT2D eigenvalue weighted by Crippen LogP contribution is -2.48. The van der Waals surface area contributed by atoms with Crippen LogP contribution in [0.1, 0.15) is 44.0 Å². The van der Waals surface area contributed by atoms with E-state index < -0.39 is 6.04 Å². The van der Waals surface area contributed by atoms with Crippen LogP contribution in [-0.2, 0) is 4.79 Å². The number of carbonyl (C=O) groups is 3. The van der Waals surface area contributed by atoms with Gasteiger partial charge < -0.3 is 15.5 Å². The Balaban J connectivity index is 2.01. The first-order valence-corrected chi connectivity index (χ1v) is 8.35. The first kappa shape index (κ1) is 18.0. The van der Waals surface area contributed by atoms with Crippen molar-refractivity contribution in [3.8, 4) is 0 Å². The van der Waals surface area contributed by atoms with Crippen molar-refractivity contribution < 1.29 is 14.4 Å². The molecular weight excluding hydrogens is 306 g/mol. The fourth-order valence-corrected chi connectivity index (χ4v) is 2.72. The molecule has 1 saturated heterocycles. The molecule has 1 aromatic carbocycles. The van der Waals surface area contributed by atoms with Gasteiger partial charge in [0.15, 0.2) is 5.78 Å². The van der Waals surface area contributed by atoms with Crippen LogP contribution in [-0.4, -0.2) is 41.8 Å². The van der Waals surface area contributed by atoms with Gasteiger partial charge in [-0.3, -0.25) is 9.59 Å². The van der Waals surface area contributed by atoms with E-state index in [-0.39, 0.29) is 17.7 Å². The van der Waals surface area contributed by atoms with Crippen LogP contribution in [0.4, 0.5) is 10.5 Å². The predicted molar refractivity (Wildman–Crippen MR) is 93.0 cm³/mol. The van der Waals surface area contributed by atoms with Gasteiger partial charge in [-0.05, 0) is 37.8 Å². The quantitative estimate of drug-likeness (QED) is 0.814. The molecule has 1 heterocycles. The lowest BCUT2D eigenvalue weighted by atomic mass is 10.1. The topological polar surface area (TPSA) is 78.5 Å². The van der Waals surface area contributed by atoms with Gasteiger partial charge in [-0.15, -0.1) is 0 Å². The molecule has 2 rings (SSSR count). The van der Waals surface area contributed by atoms with Crippen molar-refractivity contribution in [1.29, 1.82) is 0 Å². The van der Waals surface area contributed by atoms with E-state index in [0.29, 0.717) is 36.7 Å². The molecule has 1 aliphatic heterocycles. The Morgan fingerprint density at radius 3 is 2.71 bits per heavy atom. The fraction of sp³-hybridized carbons (Fsp3) is 0.500. The van der Waals surface area contributed by atoms with E-state index in [1.807, 2.05) is 13.8 Å². The lowest BCUT2D eigenvalue weighted by Gasteiger charge is -2.24. The molecule has 0 saturated carbocycles. The zero-order valence-electron chi connectivity index (χ0n) is 14.5. The number of carbonyl (C=O) groups excluding carboxylic acids is 3. The highest BCUT2D eigenvalue weighted by atomic mass is 16.2. The number of anilines is 1. The number of amides is 3. The molecule has 6 nitrogen and oxygen atoms in total. The molecule has 1 aromatic rings. The summed E-state index contributed by atoms with van der Waals surface area (Å²) in [6.07, 6.45) is 1.48. The van der Waals surface area contributed by atoms with Crippen LogP contribution < -0.4 is 10.6 Å². The Morgan fingerprint density at radius 1 is 1.29 bits per heavy atom. The van der Waals surface area contributed by atoms with Gasteiger partial charge in [0.25, 0.3) is 0 Å². The van der Waals surface area contributed by atoms with Crippen molar-refractivity contribution >= 4 is 23.4 Å². The second-order valence-electron chi connectivity index (χ2n) is 6.56. The Hall–Kier alpha value is -2.37. The Morgan fingerprint density at radius 2 is 2.04 bits per heavy atom. The van der Waals surface area contributed by atoms with Crippen LogP contribution in [0.3, 0.4) is 0 Å². The molecule has 0 aromatic heterocycles. The summed E-state index contributed by atoms with van der Waals surface area (Å²) in [7, 11) is 0. The molecule has 1 atom stereocenters. The molecule has 6 heteroatoms. The van der Waals surface area contributed by atoms with Gasteiger partial charge in [-0.1, -0.05) is 26.0 Å². The Bertz CT molecular complexity index is 628. The van der Waals surface area contributed by atoms with Crippen molar-refractivity contribution in [2.45, 2.75) is 39.7 Å². The molecule has 0 bridgehead atoms. The number of ketones is 1. The number of nitrogens with one attached hydrogen (secondary N) is 2. The van der Waals surface area contributed by atoms with E-state index in [9.17, 15) is 14.4 Å². The third-order valence-electron chi connectivity index (χ3n) is 4.02. The maximum absolute atomic E-state index is 12.5. The number of benzene rings is 1. The summed E-state index contributed by atoms with van der Waals surface area (Å²) < 4.78 is 0. The molecular formula is C18H25N3O3. The van der Waals surface area contributed by atoms with Crippen LogP contribution in [0.15, 0.2) is 24.3 Å². The lowest BCUT2D eigenvalue weighted by molar-refractivity contribution is -0.124. The molecule has 0 spiro atoms. The largest absolute Gasteiger partial charge is 0.354 e. The fourth-order valence-electron chi connectivity index (χ4n) is 2.72. The van der Waals surface area contributed by atoms with E-state index in [4.69, 9.17) is 0 Å². The third-order valence-corrected chi connectivity index (χ3v) is 4.02. The van der Waals surface area contributed by atoms with Gasteiger partial charge in [0.1, 0.15) is 6.04 Å². The molecule has 130 valence electrons. The minimum Gasteiger partial charge on any atom is -0.354 e. The van der Waals surface area contributed by atoms with Gasteiger partial charge in [0, 0.05) is 24.3 Å². The average molecular weight is 331 g/mol. The zero-order valence-corrected chi connectivity index (χ0v) is 14.5. The average Bonchev–Trinajstić information content (AvgIpc) is 3.02. The maximum Gasteiger partial charge on any atom is 0.322 e. The van der Waals surface area contributed by atoms with Gasteiger partial charge in [0.05, 0.1) is 0 Å². The van der Waals surface area contributed by atoms with Gasteiger partial charge in [-0.2, -0.15) is 0 Å². The number of urea groups is 1. The second-order valence-corrected chi connectivity index (χ2v) is 6.56. The van der Waals surface area contributed by atoms with E-state index in [2.05, 4.69) is 10.6 Å². The van der Waals surface area contributed by atoms with Crippen molar-refractivity contribution in [3.05, 3.63) is 29.8 Å². The highest BCUT2D eigenvalue weighted by molar-refractivity contribution is 5.97. The summed E-state index contributed by atoms with van der Waals surface area (Å²) in [6.45, 7) is 6.70. The molecule has 1 aliphatic rings. The highest BCUT2D eigenvalue weighted by Gasteiger charge is 2.34. The predicted octanol–water partition coefficient (Wildman–Crippen LogP) is 2.66. The summed E-state index contributed by atoms with van der Waals surface area (Å²) >= 11 is 0. The van der Waals surface area contributed by atoms with Crippen LogP contribution in [0.25, 0.3) is 0 Å². The van der Waals surface area contributed by atoms with E-state index >= 15 is 0 Å². The Labute approximate surface area is 142 Å². The number of likely N-dealkylation sites (tertiary alicyclic amines) is 1. The summed E-state index contributed by atoms with van der Waals surface area (Å²) in [5, 5.41) is 5.68. The van der Waals surface area contributed by atoms with Crippen molar-refractivity contribution in [3.63, 3.8) is 0 Å². The number of nitrogens with zero attached hydrogens (tertiary/aromatic N) is 1. The molecule has 3 amide bonds. The summed E-state index contributed by atoms with van der Waals surface area (Å²) in [5.74, 6) is 0.207. The van der Waals surface area contributed by atoms with Crippen molar-refractivity contribution in [1.82, 2.24) is 10.2 Å². The van der Waals surface area contributed by atoms with E-state index in [1.54, 1.807) is 29.2 Å². The van der Waals surface area contributed by atoms with Gasteiger partial charge in [0.2, 0.25) is 5.91 Å². The number of hydrogen-bond acceptors (Lipinski definition) is 3. The zero-order chi connectivity index (χ0) is 17.7. The molecule has 0 radical (unpaired) electrons. The Kier molecular flexibility index (Phi) is 5.95. The first-order valence-electron chi connectivity index (χ1n) is 8.35. The van der Waals surface area contributed by atoms with Crippen molar-refractivity contribution in [2.75, 3.05) is 18.4 Å². The van der Waals surface area contributed by atoms with Crippen LogP contribution >= 0.6 is 0 Å². The number of rotatable bonds is 5. The van der Waals surface area contributed by atoms with E-state index in [0.717, 1.165) is 6.42 Å².